The zero-order valence-electron chi connectivity index (χ0n) is 29.6. The summed E-state index contributed by atoms with van der Waals surface area (Å²) in [7, 11) is 4.14. The van der Waals surface area contributed by atoms with Crippen LogP contribution in [-0.4, -0.2) is 84.6 Å². The molecule has 45 heavy (non-hydrogen) atoms. The van der Waals surface area contributed by atoms with Crippen molar-refractivity contribution in [2.45, 2.75) is 92.7 Å². The van der Waals surface area contributed by atoms with Gasteiger partial charge in [0, 0.05) is 43.0 Å². The second-order valence-electron chi connectivity index (χ2n) is 9.91. The number of hydrogen-bond acceptors (Lipinski definition) is 5. The number of nitrogens with zero attached hydrogens (tertiary/aromatic N) is 2. The number of likely N-dealkylation sites (N-methyl/N-ethyl adjacent to an activating group) is 1. The Hall–Kier alpha value is -0.680. The molecule has 0 spiro atoms. The van der Waals surface area contributed by atoms with Crippen LogP contribution in [0.4, 0.5) is 4.39 Å². The Bertz CT molecular complexity index is 981. The maximum absolute atomic E-state index is 12.9. The Labute approximate surface area is 305 Å². The topological polar surface area (TPSA) is 60.9 Å². The molecule has 10 heteroatoms. The van der Waals surface area contributed by atoms with Crippen molar-refractivity contribution in [3.8, 4) is 0 Å². The SMILES string of the molecule is CBr.CC.CC.CC(=O)C(CN(C)C(C)C)c1ccc(Br)cc1.CC(=O)Cc1ccc(Br)c(F)c1.CCl.CN1CCC(O)CC1. The van der Waals surface area contributed by atoms with Gasteiger partial charge in [-0.05, 0) is 112 Å². The average Bonchev–Trinajstić information content (AvgIpc) is 3.04. The van der Waals surface area contributed by atoms with Gasteiger partial charge in [-0.2, -0.15) is 0 Å². The van der Waals surface area contributed by atoms with Crippen LogP contribution in [0.2, 0.25) is 0 Å². The third kappa shape index (κ3) is 27.0. The van der Waals surface area contributed by atoms with Crippen molar-refractivity contribution in [3.63, 3.8) is 0 Å². The van der Waals surface area contributed by atoms with Crippen LogP contribution in [0, 0.1) is 5.82 Å². The van der Waals surface area contributed by atoms with E-state index in [1.165, 1.54) is 19.4 Å². The number of halogens is 5. The molecule has 0 saturated carbocycles. The number of benzene rings is 2. The maximum atomic E-state index is 12.9. The van der Waals surface area contributed by atoms with Crippen molar-refractivity contribution >= 4 is 71.0 Å². The number of carbonyl (C=O) groups is 2. The monoisotopic (exact) mass is 846 g/mol. The quantitative estimate of drug-likeness (QED) is 0.281. The lowest BCUT2D eigenvalue weighted by molar-refractivity contribution is -0.119. The summed E-state index contributed by atoms with van der Waals surface area (Å²) in [6.07, 6.45) is 3.66. The minimum Gasteiger partial charge on any atom is -0.393 e. The van der Waals surface area contributed by atoms with E-state index in [4.69, 9.17) is 5.11 Å². The minimum atomic E-state index is -0.325. The van der Waals surface area contributed by atoms with Crippen LogP contribution in [-0.2, 0) is 16.0 Å². The van der Waals surface area contributed by atoms with E-state index >= 15 is 0 Å². The Balaban J connectivity index is -0.000000262. The van der Waals surface area contributed by atoms with Crippen molar-refractivity contribution in [3.05, 3.63) is 68.4 Å². The van der Waals surface area contributed by atoms with E-state index in [1.54, 1.807) is 19.1 Å². The van der Waals surface area contributed by atoms with Gasteiger partial charge in [0.05, 0.1) is 16.5 Å². The molecule has 0 amide bonds. The van der Waals surface area contributed by atoms with Crippen molar-refractivity contribution in [2.75, 3.05) is 45.9 Å². The fourth-order valence-electron chi connectivity index (χ4n) is 3.59. The smallest absolute Gasteiger partial charge is 0.138 e. The highest BCUT2D eigenvalue weighted by Crippen LogP contribution is 2.21. The summed E-state index contributed by atoms with van der Waals surface area (Å²) >= 11 is 14.0. The first kappa shape index (κ1) is 51.2. The molecule has 1 N–H and O–H groups in total. The van der Waals surface area contributed by atoms with Crippen molar-refractivity contribution in [2.24, 2.45) is 0 Å². The summed E-state index contributed by atoms with van der Waals surface area (Å²) in [4.78, 5) is 26.9. The summed E-state index contributed by atoms with van der Waals surface area (Å²) in [5.41, 5.74) is 1.80. The van der Waals surface area contributed by atoms with Crippen molar-refractivity contribution in [1.29, 1.82) is 0 Å². The largest absolute Gasteiger partial charge is 0.393 e. The molecule has 1 fully saturated rings. The summed E-state index contributed by atoms with van der Waals surface area (Å²) in [6.45, 7) is 18.3. The highest BCUT2D eigenvalue weighted by molar-refractivity contribution is 9.10. The molecule has 0 aromatic heterocycles. The van der Waals surface area contributed by atoms with Crippen LogP contribution in [0.5, 0.6) is 0 Å². The van der Waals surface area contributed by atoms with Gasteiger partial charge < -0.3 is 14.9 Å². The molecule has 2 aromatic carbocycles. The van der Waals surface area contributed by atoms with E-state index in [2.05, 4.69) is 97.1 Å². The normalized spacial score (nSPS) is 12.8. The van der Waals surface area contributed by atoms with Gasteiger partial charge in [0.15, 0.2) is 0 Å². The van der Waals surface area contributed by atoms with Crippen molar-refractivity contribution in [1.82, 2.24) is 9.80 Å². The number of likely N-dealkylation sites (tertiary alicyclic amines) is 1. The van der Waals surface area contributed by atoms with E-state index in [1.807, 2.05) is 57.8 Å². The van der Waals surface area contributed by atoms with Crippen LogP contribution in [0.25, 0.3) is 0 Å². The third-order valence-electron chi connectivity index (χ3n) is 6.24. The zero-order valence-corrected chi connectivity index (χ0v) is 35.1. The second-order valence-corrected chi connectivity index (χ2v) is 11.7. The van der Waals surface area contributed by atoms with Crippen LogP contribution in [0.1, 0.15) is 85.3 Å². The van der Waals surface area contributed by atoms with Crippen molar-refractivity contribution < 1.29 is 19.1 Å². The molecule has 1 aliphatic heterocycles. The van der Waals surface area contributed by atoms with E-state index in [9.17, 15) is 14.0 Å². The Morgan fingerprint density at radius 3 is 1.80 bits per heavy atom. The number of aliphatic hydroxyl groups is 1. The van der Waals surface area contributed by atoms with Crippen LogP contribution in [0.3, 0.4) is 0 Å². The first-order valence-electron chi connectivity index (χ1n) is 15.3. The van der Waals surface area contributed by atoms with Gasteiger partial charge in [-0.3, -0.25) is 9.59 Å². The van der Waals surface area contributed by atoms with E-state index in [0.717, 1.165) is 42.5 Å². The number of aliphatic hydroxyl groups excluding tert-OH is 1. The van der Waals surface area contributed by atoms with Crippen LogP contribution >= 0.6 is 59.4 Å². The molecule has 0 aliphatic carbocycles. The average molecular weight is 850 g/mol. The van der Waals surface area contributed by atoms with Crippen LogP contribution < -0.4 is 0 Å². The lowest BCUT2D eigenvalue weighted by atomic mass is 9.94. The summed E-state index contributed by atoms with van der Waals surface area (Å²) < 4.78 is 14.3. The number of alkyl halides is 2. The fourth-order valence-corrected chi connectivity index (χ4v) is 4.11. The highest BCUT2D eigenvalue weighted by atomic mass is 79.9. The lowest BCUT2D eigenvalue weighted by Gasteiger charge is -2.25. The molecule has 1 heterocycles. The molecule has 1 aliphatic rings. The molecular weight excluding hydrogens is 791 g/mol. The van der Waals surface area contributed by atoms with E-state index in [-0.39, 0.29) is 29.4 Å². The van der Waals surface area contributed by atoms with E-state index in [0.29, 0.717) is 22.5 Å². The minimum absolute atomic E-state index is 0.0220. The Morgan fingerprint density at radius 1 is 0.978 bits per heavy atom. The second kappa shape index (κ2) is 33.2. The van der Waals surface area contributed by atoms with Crippen LogP contribution in [0.15, 0.2) is 51.4 Å². The number of Topliss-reactive ketones (excluding diaryl/α,β-unsaturated/α-hetero) is 2. The third-order valence-corrected chi connectivity index (χ3v) is 7.41. The molecule has 1 atom stereocenters. The maximum Gasteiger partial charge on any atom is 0.138 e. The Morgan fingerprint density at radius 2 is 1.44 bits per heavy atom. The lowest BCUT2D eigenvalue weighted by Crippen LogP contribution is -2.33. The van der Waals surface area contributed by atoms with E-state index < -0.39 is 0 Å². The molecule has 0 bridgehead atoms. The van der Waals surface area contributed by atoms with Gasteiger partial charge in [-0.1, -0.05) is 77.8 Å². The molecule has 5 nitrogen and oxygen atoms in total. The first-order chi connectivity index (χ1) is 21.3. The number of ketones is 2. The van der Waals surface area contributed by atoms with Gasteiger partial charge in [0.1, 0.15) is 17.4 Å². The van der Waals surface area contributed by atoms with Gasteiger partial charge in [0.2, 0.25) is 0 Å². The summed E-state index contributed by atoms with van der Waals surface area (Å²) in [6, 6.07) is 13.2. The number of rotatable bonds is 7. The molecular formula is C35H59Br3ClFN2O3. The molecule has 1 unspecified atom stereocenters. The molecule has 0 radical (unpaired) electrons. The fraction of sp³-hybridized carbons (Fsp3) is 0.600. The molecule has 2 aromatic rings. The van der Waals surface area contributed by atoms with Gasteiger partial charge in [-0.15, -0.1) is 11.6 Å². The highest BCUT2D eigenvalue weighted by Gasteiger charge is 2.19. The Kier molecular flexibility index (Phi) is 37.8. The van der Waals surface area contributed by atoms with Gasteiger partial charge >= 0.3 is 0 Å². The molecule has 1 saturated heterocycles. The summed E-state index contributed by atoms with van der Waals surface area (Å²) in [5, 5.41) is 9.00. The number of piperidine rings is 1. The van der Waals surface area contributed by atoms with Gasteiger partial charge in [-0.25, -0.2) is 4.39 Å². The summed E-state index contributed by atoms with van der Waals surface area (Å²) in [5.74, 6) is 1.72. The first-order valence-corrected chi connectivity index (χ1v) is 19.2. The molecule has 3 rings (SSSR count). The zero-order chi connectivity index (χ0) is 36.1. The molecule has 262 valence electrons. The number of carbonyl (C=O) groups excluding carboxylic acids is 2. The number of hydrogen-bond donors (Lipinski definition) is 1. The predicted octanol–water partition coefficient (Wildman–Crippen LogP) is 10.2. The van der Waals surface area contributed by atoms with Gasteiger partial charge in [0.25, 0.3) is 0 Å². The predicted molar refractivity (Wildman–Crippen MR) is 206 cm³/mol. The standard InChI is InChI=1S/C14H20BrNO.C9H8BrFO.C6H13NO.2C2H6.CH3Br.CH3Cl/c1-10(2)16(4)9-14(11(3)17)12-5-7-13(15)8-6-12;1-6(12)4-7-2-3-8(10)9(11)5-7;1-7-4-2-6(8)3-5-7;4*1-2/h5-8,10,14H,9H2,1-4H3;2-3,5H,4H2,1H3;6,8H,2-5H2,1H3;2*1-2H3;2*1H3.